The Morgan fingerprint density at radius 2 is 1.74 bits per heavy atom. The van der Waals surface area contributed by atoms with Crippen molar-refractivity contribution in [3.63, 3.8) is 0 Å². The summed E-state index contributed by atoms with van der Waals surface area (Å²) in [6, 6.07) is 10.1. The number of hydrazone groups is 1. The molecule has 1 saturated carbocycles. The maximum atomic E-state index is 11.7. The summed E-state index contributed by atoms with van der Waals surface area (Å²) >= 11 is 0. The predicted octanol–water partition coefficient (Wildman–Crippen LogP) is 3.45. The largest absolute Gasteiger partial charge is 0.273 e. The minimum absolute atomic E-state index is 0.0144. The Hall–Kier alpha value is -1.64. The fourth-order valence-electron chi connectivity index (χ4n) is 2.35. The molecule has 1 aromatic carbocycles. The molecule has 1 aliphatic rings. The summed E-state index contributed by atoms with van der Waals surface area (Å²) in [6.07, 6.45) is 8.36. The van der Waals surface area contributed by atoms with Crippen LogP contribution in [0.5, 0.6) is 0 Å². The average molecular weight is 258 g/mol. The minimum Gasteiger partial charge on any atom is -0.273 e. The van der Waals surface area contributed by atoms with Gasteiger partial charge in [0.15, 0.2) is 0 Å². The number of rotatable bonds is 4. The van der Waals surface area contributed by atoms with Crippen LogP contribution < -0.4 is 5.43 Å². The Bertz CT molecular complexity index is 416. The second-order valence-corrected chi connectivity index (χ2v) is 5.11. The highest BCUT2D eigenvalue weighted by atomic mass is 16.2. The van der Waals surface area contributed by atoms with E-state index < -0.39 is 0 Å². The summed E-state index contributed by atoms with van der Waals surface area (Å²) in [5, 5.41) is 4.27. The maximum Gasteiger partial charge on any atom is 0.240 e. The van der Waals surface area contributed by atoms with Gasteiger partial charge in [-0.05, 0) is 37.7 Å². The molecular weight excluding hydrogens is 236 g/mol. The third-order valence-electron chi connectivity index (χ3n) is 3.50. The molecule has 0 aromatic heterocycles. The molecule has 0 saturated heterocycles. The van der Waals surface area contributed by atoms with Crippen LogP contribution in [-0.4, -0.2) is 11.6 Å². The summed E-state index contributed by atoms with van der Waals surface area (Å²) in [5.74, 6) is 0.0144. The van der Waals surface area contributed by atoms with E-state index in [0.717, 1.165) is 25.0 Å². The Morgan fingerprint density at radius 3 is 2.42 bits per heavy atom. The first-order chi connectivity index (χ1) is 9.34. The van der Waals surface area contributed by atoms with Crippen LogP contribution in [0.4, 0.5) is 0 Å². The third kappa shape index (κ3) is 5.25. The molecular formula is C16H22N2O. The third-order valence-corrected chi connectivity index (χ3v) is 3.50. The fourth-order valence-corrected chi connectivity index (χ4v) is 2.35. The number of amides is 1. The summed E-state index contributed by atoms with van der Waals surface area (Å²) in [6.45, 7) is 0. The molecule has 102 valence electrons. The lowest BCUT2D eigenvalue weighted by molar-refractivity contribution is -0.121. The Morgan fingerprint density at radius 1 is 1.05 bits per heavy atom. The molecule has 3 nitrogen and oxygen atoms in total. The Kier molecular flexibility index (Phi) is 5.60. The second-order valence-electron chi connectivity index (χ2n) is 5.11. The van der Waals surface area contributed by atoms with E-state index in [0.29, 0.717) is 6.42 Å². The summed E-state index contributed by atoms with van der Waals surface area (Å²) in [4.78, 5) is 11.7. The van der Waals surface area contributed by atoms with Crippen molar-refractivity contribution in [1.29, 1.82) is 0 Å². The van der Waals surface area contributed by atoms with Crippen LogP contribution in [0.2, 0.25) is 0 Å². The molecule has 1 aromatic rings. The molecule has 2 rings (SSSR count). The number of aryl methyl sites for hydroxylation is 1. The number of nitrogens with one attached hydrogen (secondary N) is 1. The van der Waals surface area contributed by atoms with Crippen molar-refractivity contribution < 1.29 is 4.79 Å². The van der Waals surface area contributed by atoms with E-state index in [1.165, 1.54) is 31.2 Å². The van der Waals surface area contributed by atoms with Crippen LogP contribution in [0.25, 0.3) is 0 Å². The van der Waals surface area contributed by atoms with Gasteiger partial charge in [0.05, 0.1) is 0 Å². The quantitative estimate of drug-likeness (QED) is 0.652. The van der Waals surface area contributed by atoms with E-state index >= 15 is 0 Å². The topological polar surface area (TPSA) is 41.5 Å². The molecule has 0 aliphatic heterocycles. The zero-order valence-corrected chi connectivity index (χ0v) is 11.4. The van der Waals surface area contributed by atoms with Gasteiger partial charge in [-0.3, -0.25) is 4.79 Å². The zero-order valence-electron chi connectivity index (χ0n) is 11.4. The molecule has 19 heavy (non-hydrogen) atoms. The molecule has 1 fully saturated rings. The standard InChI is InChI=1S/C16H22N2O/c19-16(13-12-14-8-4-3-5-9-14)18-17-15-10-6-1-2-7-11-15/h3-5,8-9H,1-2,6-7,10-13H2,(H,18,19). The number of carbonyl (C=O) groups excluding carboxylic acids is 1. The van der Waals surface area contributed by atoms with Crippen LogP contribution >= 0.6 is 0 Å². The lowest BCUT2D eigenvalue weighted by Gasteiger charge is -2.04. The number of nitrogens with zero attached hydrogens (tertiary/aromatic N) is 1. The van der Waals surface area contributed by atoms with E-state index in [4.69, 9.17) is 0 Å². The molecule has 0 heterocycles. The molecule has 0 spiro atoms. The van der Waals surface area contributed by atoms with Crippen molar-refractivity contribution in [2.75, 3.05) is 0 Å². The van der Waals surface area contributed by atoms with Crippen LogP contribution in [-0.2, 0) is 11.2 Å². The first kappa shape index (κ1) is 13.8. The van der Waals surface area contributed by atoms with Crippen LogP contribution in [0.15, 0.2) is 35.4 Å². The lowest BCUT2D eigenvalue weighted by Crippen LogP contribution is -2.19. The molecule has 1 amide bonds. The molecule has 0 radical (unpaired) electrons. The van der Waals surface area contributed by atoms with Gasteiger partial charge in [-0.2, -0.15) is 5.10 Å². The first-order valence-electron chi connectivity index (χ1n) is 7.23. The van der Waals surface area contributed by atoms with E-state index in [1.54, 1.807) is 0 Å². The molecule has 0 atom stereocenters. The monoisotopic (exact) mass is 258 g/mol. The van der Waals surface area contributed by atoms with Crippen LogP contribution in [0, 0.1) is 0 Å². The second kappa shape index (κ2) is 7.72. The molecule has 0 bridgehead atoms. The minimum atomic E-state index is 0.0144. The number of hydrogen-bond acceptors (Lipinski definition) is 2. The highest BCUT2D eigenvalue weighted by Gasteiger charge is 2.06. The van der Waals surface area contributed by atoms with E-state index in [-0.39, 0.29) is 5.91 Å². The molecule has 1 N–H and O–H groups in total. The summed E-state index contributed by atoms with van der Waals surface area (Å²) < 4.78 is 0. The fraction of sp³-hybridized carbons (Fsp3) is 0.500. The van der Waals surface area contributed by atoms with Gasteiger partial charge in [0.25, 0.3) is 0 Å². The van der Waals surface area contributed by atoms with E-state index in [2.05, 4.69) is 10.5 Å². The van der Waals surface area contributed by atoms with Crippen molar-refractivity contribution in [3.8, 4) is 0 Å². The van der Waals surface area contributed by atoms with Gasteiger partial charge in [-0.15, -0.1) is 0 Å². The molecule has 1 aliphatic carbocycles. The lowest BCUT2D eigenvalue weighted by atomic mass is 10.1. The smallest absolute Gasteiger partial charge is 0.240 e. The van der Waals surface area contributed by atoms with Crippen LogP contribution in [0.3, 0.4) is 0 Å². The average Bonchev–Trinajstić information content (AvgIpc) is 2.73. The van der Waals surface area contributed by atoms with Crippen molar-refractivity contribution in [1.82, 2.24) is 5.43 Å². The molecule has 3 heteroatoms. The number of carbonyl (C=O) groups is 1. The van der Waals surface area contributed by atoms with Gasteiger partial charge in [0.2, 0.25) is 5.91 Å². The van der Waals surface area contributed by atoms with Gasteiger partial charge in [0.1, 0.15) is 0 Å². The van der Waals surface area contributed by atoms with Crippen molar-refractivity contribution >= 4 is 11.6 Å². The van der Waals surface area contributed by atoms with Gasteiger partial charge in [0, 0.05) is 12.1 Å². The highest BCUT2D eigenvalue weighted by Crippen LogP contribution is 2.14. The number of benzene rings is 1. The van der Waals surface area contributed by atoms with Crippen LogP contribution in [0.1, 0.15) is 50.5 Å². The number of hydrogen-bond donors (Lipinski definition) is 1. The van der Waals surface area contributed by atoms with Gasteiger partial charge < -0.3 is 0 Å². The van der Waals surface area contributed by atoms with Crippen molar-refractivity contribution in [2.24, 2.45) is 5.10 Å². The SMILES string of the molecule is O=C(CCc1ccccc1)NN=C1CCCCCC1. The van der Waals surface area contributed by atoms with Gasteiger partial charge in [-0.1, -0.05) is 43.2 Å². The highest BCUT2D eigenvalue weighted by molar-refractivity contribution is 5.86. The summed E-state index contributed by atoms with van der Waals surface area (Å²) in [7, 11) is 0. The van der Waals surface area contributed by atoms with Crippen molar-refractivity contribution in [3.05, 3.63) is 35.9 Å². The van der Waals surface area contributed by atoms with E-state index in [9.17, 15) is 4.79 Å². The normalized spacial score (nSPS) is 15.7. The summed E-state index contributed by atoms with van der Waals surface area (Å²) in [5.41, 5.74) is 5.05. The Labute approximate surface area is 115 Å². The zero-order chi connectivity index (χ0) is 13.3. The molecule has 0 unspecified atom stereocenters. The van der Waals surface area contributed by atoms with E-state index in [1.807, 2.05) is 30.3 Å². The first-order valence-corrected chi connectivity index (χ1v) is 7.23. The maximum absolute atomic E-state index is 11.7. The Balaban J connectivity index is 1.73. The van der Waals surface area contributed by atoms with Crippen molar-refractivity contribution in [2.45, 2.75) is 51.4 Å². The van der Waals surface area contributed by atoms with Gasteiger partial charge in [-0.25, -0.2) is 5.43 Å². The van der Waals surface area contributed by atoms with Gasteiger partial charge >= 0.3 is 0 Å². The predicted molar refractivity (Wildman–Crippen MR) is 78.0 cm³/mol.